The van der Waals surface area contributed by atoms with E-state index < -0.39 is 17.1 Å². The van der Waals surface area contributed by atoms with Gasteiger partial charge in [-0.05, 0) is 17.7 Å². The Balaban J connectivity index is 1.78. The summed E-state index contributed by atoms with van der Waals surface area (Å²) in [7, 11) is 1.58. The summed E-state index contributed by atoms with van der Waals surface area (Å²) in [5, 5.41) is 16.1. The molecule has 0 saturated carbocycles. The average molecular weight is 381 g/mol. The van der Waals surface area contributed by atoms with Gasteiger partial charge < -0.3 is 15.2 Å². The molecule has 0 aromatic heterocycles. The van der Waals surface area contributed by atoms with Crippen molar-refractivity contribution in [1.29, 1.82) is 0 Å². The van der Waals surface area contributed by atoms with Crippen molar-refractivity contribution in [3.05, 3.63) is 29.8 Å². The standard InChI is InChI=1S/C15H15N3O5S2/c1-23-9-4-2-8(3-5-9)14-18(11(19)7-24-14)17-15-16-13(22)10(25-15)6-12(20)21/h2-5,10,14H,6-7H2,1H3,(H,20,21)(H,16,17,22)/t10-,14+/m0/s1. The van der Waals surface area contributed by atoms with Crippen molar-refractivity contribution in [3.8, 4) is 5.75 Å². The van der Waals surface area contributed by atoms with E-state index in [-0.39, 0.29) is 28.6 Å². The molecule has 8 nitrogen and oxygen atoms in total. The van der Waals surface area contributed by atoms with Crippen molar-refractivity contribution in [3.63, 3.8) is 0 Å². The molecular formula is C15H15N3O5S2. The summed E-state index contributed by atoms with van der Waals surface area (Å²) in [6.45, 7) is 0. The van der Waals surface area contributed by atoms with E-state index in [0.717, 1.165) is 17.3 Å². The smallest absolute Gasteiger partial charge is 0.305 e. The molecule has 2 heterocycles. The second-order valence-electron chi connectivity index (χ2n) is 5.27. The molecule has 0 unspecified atom stereocenters. The van der Waals surface area contributed by atoms with Gasteiger partial charge in [-0.2, -0.15) is 0 Å². The van der Waals surface area contributed by atoms with Crippen molar-refractivity contribution in [2.45, 2.75) is 17.0 Å². The molecule has 2 aliphatic rings. The second-order valence-corrected chi connectivity index (χ2v) is 7.53. The number of rotatable bonds is 5. The zero-order valence-electron chi connectivity index (χ0n) is 13.2. The molecule has 132 valence electrons. The van der Waals surface area contributed by atoms with Gasteiger partial charge in [-0.3, -0.25) is 14.4 Å². The van der Waals surface area contributed by atoms with Crippen LogP contribution in [0.5, 0.6) is 5.75 Å². The molecule has 2 N–H and O–H groups in total. The van der Waals surface area contributed by atoms with Gasteiger partial charge in [0, 0.05) is 0 Å². The summed E-state index contributed by atoms with van der Waals surface area (Å²) < 4.78 is 5.13. The Morgan fingerprint density at radius 2 is 2.12 bits per heavy atom. The molecule has 3 rings (SSSR count). The van der Waals surface area contributed by atoms with Crippen LogP contribution in [-0.2, 0) is 14.4 Å². The van der Waals surface area contributed by atoms with E-state index in [1.807, 2.05) is 12.1 Å². The summed E-state index contributed by atoms with van der Waals surface area (Å²) in [6.07, 6.45) is -0.292. The first kappa shape index (κ1) is 17.6. The topological polar surface area (TPSA) is 108 Å². The number of amides is 2. The van der Waals surface area contributed by atoms with Crippen LogP contribution < -0.4 is 10.1 Å². The lowest BCUT2D eigenvalue weighted by molar-refractivity contribution is -0.138. The highest BCUT2D eigenvalue weighted by Crippen LogP contribution is 2.40. The number of carboxylic acids is 1. The number of carboxylic acid groups (broad SMARTS) is 1. The van der Waals surface area contributed by atoms with Gasteiger partial charge in [-0.15, -0.1) is 16.9 Å². The highest BCUT2D eigenvalue weighted by molar-refractivity contribution is 8.15. The predicted molar refractivity (Wildman–Crippen MR) is 94.2 cm³/mol. The van der Waals surface area contributed by atoms with Crippen molar-refractivity contribution in [2.24, 2.45) is 5.10 Å². The van der Waals surface area contributed by atoms with E-state index in [4.69, 9.17) is 9.84 Å². The van der Waals surface area contributed by atoms with Gasteiger partial charge in [0.2, 0.25) is 5.91 Å². The van der Waals surface area contributed by atoms with Crippen LogP contribution in [0.25, 0.3) is 0 Å². The van der Waals surface area contributed by atoms with Gasteiger partial charge in [0.15, 0.2) is 5.17 Å². The zero-order valence-corrected chi connectivity index (χ0v) is 14.8. The van der Waals surface area contributed by atoms with E-state index in [2.05, 4.69) is 10.4 Å². The Kier molecular flexibility index (Phi) is 5.19. The number of thioether (sulfide) groups is 2. The maximum absolute atomic E-state index is 12.2. The van der Waals surface area contributed by atoms with Crippen molar-refractivity contribution in [1.82, 2.24) is 10.3 Å². The number of benzene rings is 1. The number of ether oxygens (including phenoxy) is 1. The van der Waals surface area contributed by atoms with Crippen LogP contribution in [0.4, 0.5) is 0 Å². The van der Waals surface area contributed by atoms with Crippen molar-refractivity contribution in [2.75, 3.05) is 12.9 Å². The average Bonchev–Trinajstić information content (AvgIpc) is 3.11. The van der Waals surface area contributed by atoms with E-state index in [1.54, 1.807) is 19.2 Å². The molecule has 0 aliphatic carbocycles. The molecule has 2 aliphatic heterocycles. The Bertz CT molecular complexity index is 737. The molecule has 2 atom stereocenters. The third kappa shape index (κ3) is 3.90. The summed E-state index contributed by atoms with van der Waals surface area (Å²) in [5.41, 5.74) is 0.886. The molecule has 1 aromatic carbocycles. The maximum atomic E-state index is 12.2. The Morgan fingerprint density at radius 3 is 2.76 bits per heavy atom. The highest BCUT2D eigenvalue weighted by atomic mass is 32.2. The molecule has 10 heteroatoms. The lowest BCUT2D eigenvalue weighted by Gasteiger charge is -2.19. The van der Waals surface area contributed by atoms with Crippen molar-refractivity contribution >= 4 is 46.5 Å². The SMILES string of the molecule is COc1ccc([C@H]2SCC(=O)N2/N=C2/NC(=O)[C@H](CC(=O)O)S2)cc1. The van der Waals surface area contributed by atoms with Gasteiger partial charge in [-0.25, -0.2) is 5.01 Å². The van der Waals surface area contributed by atoms with Crippen LogP contribution >= 0.6 is 23.5 Å². The summed E-state index contributed by atoms with van der Waals surface area (Å²) >= 11 is 2.46. The van der Waals surface area contributed by atoms with Gasteiger partial charge in [-0.1, -0.05) is 23.9 Å². The molecule has 2 saturated heterocycles. The first-order valence-corrected chi connectivity index (χ1v) is 9.26. The third-order valence-electron chi connectivity index (χ3n) is 3.58. The normalized spacial score (nSPS) is 24.7. The minimum atomic E-state index is -1.06. The first-order valence-electron chi connectivity index (χ1n) is 7.33. The zero-order chi connectivity index (χ0) is 18.0. The van der Waals surface area contributed by atoms with Crippen LogP contribution in [-0.4, -0.2) is 51.2 Å². The maximum Gasteiger partial charge on any atom is 0.305 e. The number of amidine groups is 1. The van der Waals surface area contributed by atoms with Crippen LogP contribution in [0.2, 0.25) is 0 Å². The lowest BCUT2D eigenvalue weighted by atomic mass is 10.2. The summed E-state index contributed by atoms with van der Waals surface area (Å²) in [4.78, 5) is 34.7. The van der Waals surface area contributed by atoms with Crippen LogP contribution in [0.1, 0.15) is 17.4 Å². The summed E-state index contributed by atoms with van der Waals surface area (Å²) in [6, 6.07) is 7.32. The van der Waals surface area contributed by atoms with Crippen LogP contribution in [0.3, 0.4) is 0 Å². The fourth-order valence-electron chi connectivity index (χ4n) is 2.37. The number of aliphatic carboxylic acids is 1. The van der Waals surface area contributed by atoms with Crippen LogP contribution in [0.15, 0.2) is 29.4 Å². The van der Waals surface area contributed by atoms with Gasteiger partial charge >= 0.3 is 5.97 Å². The number of hydrogen-bond donors (Lipinski definition) is 2. The minimum Gasteiger partial charge on any atom is -0.497 e. The fourth-order valence-corrected chi connectivity index (χ4v) is 4.42. The van der Waals surface area contributed by atoms with E-state index >= 15 is 0 Å². The second kappa shape index (κ2) is 7.36. The van der Waals surface area contributed by atoms with Gasteiger partial charge in [0.05, 0.1) is 19.3 Å². The van der Waals surface area contributed by atoms with Crippen LogP contribution in [0, 0.1) is 0 Å². The molecular weight excluding hydrogens is 366 g/mol. The number of carbonyl (C=O) groups excluding carboxylic acids is 2. The lowest BCUT2D eigenvalue weighted by Crippen LogP contribution is -2.29. The highest BCUT2D eigenvalue weighted by Gasteiger charge is 2.37. The number of hydrogen-bond acceptors (Lipinski definition) is 7. The Morgan fingerprint density at radius 1 is 1.40 bits per heavy atom. The quantitative estimate of drug-likeness (QED) is 0.790. The predicted octanol–water partition coefficient (Wildman–Crippen LogP) is 1.25. The number of nitrogens with one attached hydrogen (secondary N) is 1. The number of carbonyl (C=O) groups is 3. The van der Waals surface area contributed by atoms with Gasteiger partial charge in [0.1, 0.15) is 16.4 Å². The van der Waals surface area contributed by atoms with E-state index in [0.29, 0.717) is 5.75 Å². The minimum absolute atomic E-state index is 0.171. The van der Waals surface area contributed by atoms with E-state index in [1.165, 1.54) is 16.8 Å². The molecule has 0 radical (unpaired) electrons. The third-order valence-corrected chi connectivity index (χ3v) is 5.85. The fraction of sp³-hybridized carbons (Fsp3) is 0.333. The molecule has 0 spiro atoms. The monoisotopic (exact) mass is 381 g/mol. The van der Waals surface area contributed by atoms with Crippen molar-refractivity contribution < 1.29 is 24.2 Å². The molecule has 0 bridgehead atoms. The summed E-state index contributed by atoms with van der Waals surface area (Å²) in [5.74, 6) is -0.643. The number of nitrogens with zero attached hydrogens (tertiary/aromatic N) is 2. The molecule has 25 heavy (non-hydrogen) atoms. The Hall–Kier alpha value is -2.20. The van der Waals surface area contributed by atoms with E-state index in [9.17, 15) is 14.4 Å². The largest absolute Gasteiger partial charge is 0.497 e. The number of hydrazone groups is 1. The number of methoxy groups -OCH3 is 1. The first-order chi connectivity index (χ1) is 12.0. The molecule has 2 amide bonds. The Labute approximate surface area is 152 Å². The van der Waals surface area contributed by atoms with Gasteiger partial charge in [0.25, 0.3) is 5.91 Å². The molecule has 2 fully saturated rings. The molecule has 1 aromatic rings.